The number of benzene rings is 1. The van der Waals surface area contributed by atoms with E-state index < -0.39 is 0 Å². The van der Waals surface area contributed by atoms with Gasteiger partial charge in [0.25, 0.3) is 0 Å². The van der Waals surface area contributed by atoms with Gasteiger partial charge in [0, 0.05) is 0 Å². The molecule has 0 saturated carbocycles. The van der Waals surface area contributed by atoms with Crippen LogP contribution in [0, 0.1) is 6.92 Å². The van der Waals surface area contributed by atoms with Gasteiger partial charge in [-0.15, -0.1) is 0 Å². The molecule has 2 rings (SSSR count). The number of nitrogen functional groups attached to an aromatic ring is 1. The third-order valence-corrected chi connectivity index (χ3v) is 2.18. The maximum absolute atomic E-state index is 5.95. The smallest absolute Gasteiger partial charge is 0.168 e. The zero-order valence-electron chi connectivity index (χ0n) is 6.47. The standard InChI is InChI=1S/C8H7ClN2O/c1-4-7-6(12-11-4)3-2-5(10)8(7)9/h2-3H,10H2,1H3. The second-order valence-corrected chi connectivity index (χ2v) is 2.99. The molecule has 0 amide bonds. The second-order valence-electron chi connectivity index (χ2n) is 2.61. The molecule has 62 valence electrons. The van der Waals surface area contributed by atoms with Crippen LogP contribution in [0.5, 0.6) is 0 Å². The summed E-state index contributed by atoms with van der Waals surface area (Å²) in [5.41, 5.74) is 7.60. The Morgan fingerprint density at radius 3 is 3.00 bits per heavy atom. The molecule has 0 bridgehead atoms. The molecule has 1 aromatic carbocycles. The zero-order chi connectivity index (χ0) is 8.72. The van der Waals surface area contributed by atoms with Crippen LogP contribution in [0.15, 0.2) is 16.7 Å². The van der Waals surface area contributed by atoms with Crippen LogP contribution in [-0.4, -0.2) is 5.16 Å². The number of fused-ring (bicyclic) bond motifs is 1. The van der Waals surface area contributed by atoms with E-state index in [-0.39, 0.29) is 0 Å². The second kappa shape index (κ2) is 2.38. The van der Waals surface area contributed by atoms with Crippen LogP contribution >= 0.6 is 11.6 Å². The van der Waals surface area contributed by atoms with Crippen molar-refractivity contribution in [2.45, 2.75) is 6.92 Å². The molecular weight excluding hydrogens is 176 g/mol. The first-order valence-electron chi connectivity index (χ1n) is 3.50. The highest BCUT2D eigenvalue weighted by atomic mass is 35.5. The Kier molecular flexibility index (Phi) is 1.48. The molecule has 0 saturated heterocycles. The number of aryl methyl sites for hydroxylation is 1. The van der Waals surface area contributed by atoms with Crippen LogP contribution in [0.1, 0.15) is 5.69 Å². The van der Waals surface area contributed by atoms with Crippen LogP contribution in [0.25, 0.3) is 11.0 Å². The molecule has 1 aromatic heterocycles. The lowest BCUT2D eigenvalue weighted by molar-refractivity contribution is 0.450. The van der Waals surface area contributed by atoms with Gasteiger partial charge in [0.2, 0.25) is 0 Å². The third-order valence-electron chi connectivity index (χ3n) is 1.78. The lowest BCUT2D eigenvalue weighted by atomic mass is 10.2. The molecule has 1 heterocycles. The monoisotopic (exact) mass is 182 g/mol. The molecule has 0 atom stereocenters. The van der Waals surface area contributed by atoms with Crippen LogP contribution in [-0.2, 0) is 0 Å². The molecule has 3 nitrogen and oxygen atoms in total. The maximum Gasteiger partial charge on any atom is 0.168 e. The van der Waals surface area contributed by atoms with E-state index in [1.54, 1.807) is 12.1 Å². The summed E-state index contributed by atoms with van der Waals surface area (Å²) in [6.07, 6.45) is 0. The Bertz CT molecular complexity index is 436. The highest BCUT2D eigenvalue weighted by molar-refractivity contribution is 6.38. The largest absolute Gasteiger partial charge is 0.398 e. The lowest BCUT2D eigenvalue weighted by Crippen LogP contribution is -1.85. The number of anilines is 1. The molecule has 0 aliphatic rings. The van der Waals surface area contributed by atoms with Gasteiger partial charge in [-0.05, 0) is 19.1 Å². The Hall–Kier alpha value is -1.22. The number of hydrogen-bond donors (Lipinski definition) is 1. The molecule has 0 unspecified atom stereocenters. The summed E-state index contributed by atoms with van der Waals surface area (Å²) in [6, 6.07) is 3.46. The summed E-state index contributed by atoms with van der Waals surface area (Å²) in [5, 5.41) is 5.10. The van der Waals surface area contributed by atoms with Gasteiger partial charge in [0.1, 0.15) is 0 Å². The van der Waals surface area contributed by atoms with Gasteiger partial charge < -0.3 is 10.3 Å². The quantitative estimate of drug-likeness (QED) is 0.637. The minimum atomic E-state index is 0.520. The first-order valence-corrected chi connectivity index (χ1v) is 3.88. The van der Waals surface area contributed by atoms with Gasteiger partial charge in [-0.1, -0.05) is 16.8 Å². The fourth-order valence-electron chi connectivity index (χ4n) is 1.15. The summed E-state index contributed by atoms with van der Waals surface area (Å²) >= 11 is 5.95. The Balaban J connectivity index is 2.96. The normalized spacial score (nSPS) is 10.8. The van der Waals surface area contributed by atoms with E-state index >= 15 is 0 Å². The van der Waals surface area contributed by atoms with Crippen LogP contribution < -0.4 is 5.73 Å². The highest BCUT2D eigenvalue weighted by Crippen LogP contribution is 2.30. The molecule has 0 aliphatic carbocycles. The Morgan fingerprint density at radius 1 is 1.50 bits per heavy atom. The number of nitrogens with two attached hydrogens (primary N) is 1. The number of halogens is 1. The van der Waals surface area contributed by atoms with Crippen molar-refractivity contribution in [1.29, 1.82) is 0 Å². The molecule has 0 radical (unpaired) electrons. The minimum Gasteiger partial charge on any atom is -0.398 e. The Labute approximate surface area is 74.1 Å². The fraction of sp³-hybridized carbons (Fsp3) is 0.125. The first kappa shape index (κ1) is 7.43. The summed E-state index contributed by atoms with van der Waals surface area (Å²) in [4.78, 5) is 0. The molecule has 2 N–H and O–H groups in total. The summed E-state index contributed by atoms with van der Waals surface area (Å²) in [6.45, 7) is 1.83. The number of rotatable bonds is 0. The highest BCUT2D eigenvalue weighted by Gasteiger charge is 2.09. The summed E-state index contributed by atoms with van der Waals surface area (Å²) in [5.74, 6) is 0. The van der Waals surface area contributed by atoms with E-state index in [0.29, 0.717) is 16.3 Å². The summed E-state index contributed by atoms with van der Waals surface area (Å²) in [7, 11) is 0. The molecule has 12 heavy (non-hydrogen) atoms. The molecule has 0 fully saturated rings. The maximum atomic E-state index is 5.95. The van der Waals surface area contributed by atoms with Crippen molar-refractivity contribution in [3.8, 4) is 0 Å². The lowest BCUT2D eigenvalue weighted by Gasteiger charge is -1.96. The van der Waals surface area contributed by atoms with Crippen molar-refractivity contribution in [2.75, 3.05) is 5.73 Å². The van der Waals surface area contributed by atoms with Crippen molar-refractivity contribution in [3.63, 3.8) is 0 Å². The number of aromatic nitrogens is 1. The SMILES string of the molecule is Cc1noc2ccc(N)c(Cl)c12. The molecule has 0 spiro atoms. The van der Waals surface area contributed by atoms with Crippen molar-refractivity contribution in [3.05, 3.63) is 22.8 Å². The third kappa shape index (κ3) is 0.865. The predicted molar refractivity (Wildman–Crippen MR) is 48.2 cm³/mol. The van der Waals surface area contributed by atoms with Crippen molar-refractivity contribution in [2.24, 2.45) is 0 Å². The molecule has 0 aliphatic heterocycles. The van der Waals surface area contributed by atoms with Gasteiger partial charge >= 0.3 is 0 Å². The van der Waals surface area contributed by atoms with E-state index in [2.05, 4.69) is 5.16 Å². The van der Waals surface area contributed by atoms with Crippen molar-refractivity contribution < 1.29 is 4.52 Å². The van der Waals surface area contributed by atoms with Gasteiger partial charge in [-0.3, -0.25) is 0 Å². The first-order chi connectivity index (χ1) is 5.70. The van der Waals surface area contributed by atoms with E-state index in [4.69, 9.17) is 21.9 Å². The number of nitrogens with zero attached hydrogens (tertiary/aromatic N) is 1. The molecule has 2 aromatic rings. The van der Waals surface area contributed by atoms with Gasteiger partial charge in [-0.2, -0.15) is 0 Å². The average molecular weight is 183 g/mol. The Morgan fingerprint density at radius 2 is 2.25 bits per heavy atom. The van der Waals surface area contributed by atoms with E-state index in [1.165, 1.54) is 0 Å². The topological polar surface area (TPSA) is 52.0 Å². The van der Waals surface area contributed by atoms with Crippen molar-refractivity contribution >= 4 is 28.3 Å². The molecule has 4 heteroatoms. The van der Waals surface area contributed by atoms with E-state index in [9.17, 15) is 0 Å². The van der Waals surface area contributed by atoms with Crippen LogP contribution in [0.3, 0.4) is 0 Å². The zero-order valence-corrected chi connectivity index (χ0v) is 7.22. The van der Waals surface area contributed by atoms with Gasteiger partial charge in [0.15, 0.2) is 5.58 Å². The molecular formula is C8H7ClN2O. The predicted octanol–water partition coefficient (Wildman–Crippen LogP) is 2.37. The fourth-order valence-corrected chi connectivity index (χ4v) is 1.44. The minimum absolute atomic E-state index is 0.520. The van der Waals surface area contributed by atoms with Crippen molar-refractivity contribution in [1.82, 2.24) is 5.16 Å². The van der Waals surface area contributed by atoms with Crippen LogP contribution in [0.2, 0.25) is 5.02 Å². The van der Waals surface area contributed by atoms with Gasteiger partial charge in [-0.25, -0.2) is 0 Å². The summed E-state index contributed by atoms with van der Waals surface area (Å²) < 4.78 is 4.99. The number of hydrogen-bond acceptors (Lipinski definition) is 3. The van der Waals surface area contributed by atoms with E-state index in [1.807, 2.05) is 6.92 Å². The van der Waals surface area contributed by atoms with Crippen LogP contribution in [0.4, 0.5) is 5.69 Å². The van der Waals surface area contributed by atoms with Gasteiger partial charge in [0.05, 0.1) is 21.8 Å². The average Bonchev–Trinajstić information content (AvgIpc) is 2.41. The van der Waals surface area contributed by atoms with E-state index in [0.717, 1.165) is 11.1 Å².